The number of carbonyl (C=O) groups excluding carboxylic acids is 1. The quantitative estimate of drug-likeness (QED) is 0.759. The Bertz CT molecular complexity index is 628. The molecule has 2 nitrogen and oxygen atoms in total. The second-order valence-corrected chi connectivity index (χ2v) is 6.22. The van der Waals surface area contributed by atoms with E-state index in [9.17, 15) is 4.79 Å². The molecule has 0 unspecified atom stereocenters. The maximum Gasteiger partial charge on any atom is 0.224 e. The number of anilines is 1. The average molecular weight is 320 g/mol. The Hall–Kier alpha value is -1.45. The predicted molar refractivity (Wildman–Crippen MR) is 91.1 cm³/mol. The molecule has 21 heavy (non-hydrogen) atoms. The minimum atomic E-state index is 0.000534. The first-order chi connectivity index (χ1) is 10.1. The highest BCUT2D eigenvalue weighted by Gasteiger charge is 2.08. The van der Waals surface area contributed by atoms with Crippen LogP contribution in [0.4, 0.5) is 5.69 Å². The van der Waals surface area contributed by atoms with E-state index in [1.54, 1.807) is 11.8 Å². The van der Waals surface area contributed by atoms with Crippen LogP contribution in [-0.2, 0) is 10.5 Å². The van der Waals surface area contributed by atoms with E-state index in [0.29, 0.717) is 11.4 Å². The van der Waals surface area contributed by atoms with Gasteiger partial charge in [0.05, 0.1) is 0 Å². The van der Waals surface area contributed by atoms with Crippen molar-refractivity contribution in [3.63, 3.8) is 0 Å². The van der Waals surface area contributed by atoms with Crippen molar-refractivity contribution in [2.24, 2.45) is 0 Å². The first-order valence-corrected chi connectivity index (χ1v) is 8.23. The summed E-state index contributed by atoms with van der Waals surface area (Å²) in [6, 6.07) is 14.1. The molecule has 0 aliphatic carbocycles. The Balaban J connectivity index is 2.11. The molecule has 1 N–H and O–H groups in total. The first kappa shape index (κ1) is 15.9. The summed E-state index contributed by atoms with van der Waals surface area (Å²) in [5.74, 6) is 0.812. The second-order valence-electron chi connectivity index (χ2n) is 4.76. The topological polar surface area (TPSA) is 29.1 Å². The fourth-order valence-electron chi connectivity index (χ4n) is 1.90. The van der Waals surface area contributed by atoms with Crippen molar-refractivity contribution in [1.29, 1.82) is 0 Å². The van der Waals surface area contributed by atoms with E-state index in [4.69, 9.17) is 11.6 Å². The highest BCUT2D eigenvalue weighted by Crippen LogP contribution is 2.30. The van der Waals surface area contributed by atoms with Gasteiger partial charge in [-0.05, 0) is 36.2 Å². The monoisotopic (exact) mass is 319 g/mol. The molecule has 0 atom stereocenters. The lowest BCUT2D eigenvalue weighted by molar-refractivity contribution is -0.115. The minimum Gasteiger partial charge on any atom is -0.326 e. The van der Waals surface area contributed by atoms with E-state index < -0.39 is 0 Å². The van der Waals surface area contributed by atoms with Gasteiger partial charge < -0.3 is 5.32 Å². The summed E-state index contributed by atoms with van der Waals surface area (Å²) in [6.07, 6.45) is 0.461. The van der Waals surface area contributed by atoms with Gasteiger partial charge in [0.15, 0.2) is 0 Å². The molecule has 0 aliphatic heterocycles. The van der Waals surface area contributed by atoms with Crippen molar-refractivity contribution < 1.29 is 4.79 Å². The Kier molecular flexibility index (Phi) is 5.71. The Labute approximate surface area is 134 Å². The van der Waals surface area contributed by atoms with Crippen LogP contribution in [0.15, 0.2) is 47.4 Å². The predicted octanol–water partition coefficient (Wildman–Crippen LogP) is 5.29. The summed E-state index contributed by atoms with van der Waals surface area (Å²) in [5, 5.41) is 3.56. The van der Waals surface area contributed by atoms with Crippen LogP contribution in [0.5, 0.6) is 0 Å². The molecule has 110 valence electrons. The highest BCUT2D eigenvalue weighted by atomic mass is 35.5. The third-order valence-corrected chi connectivity index (χ3v) is 4.54. The van der Waals surface area contributed by atoms with Crippen LogP contribution in [0, 0.1) is 6.92 Å². The van der Waals surface area contributed by atoms with Crippen molar-refractivity contribution in [3.8, 4) is 0 Å². The van der Waals surface area contributed by atoms with Crippen LogP contribution in [0.25, 0.3) is 0 Å². The number of rotatable bonds is 5. The van der Waals surface area contributed by atoms with Gasteiger partial charge in [-0.3, -0.25) is 4.79 Å². The number of aryl methyl sites for hydroxylation is 1. The van der Waals surface area contributed by atoms with Gasteiger partial charge in [0, 0.05) is 27.8 Å². The SMILES string of the molecule is CCC(=O)Nc1cc(Cl)c(CSc2ccccc2)cc1C. The van der Waals surface area contributed by atoms with Crippen molar-refractivity contribution in [1.82, 2.24) is 0 Å². The molecule has 0 radical (unpaired) electrons. The molecule has 2 aromatic rings. The zero-order chi connectivity index (χ0) is 15.2. The largest absolute Gasteiger partial charge is 0.326 e. The number of benzene rings is 2. The molecule has 2 rings (SSSR count). The summed E-state index contributed by atoms with van der Waals surface area (Å²) in [6.45, 7) is 3.81. The Morgan fingerprint density at radius 3 is 2.62 bits per heavy atom. The summed E-state index contributed by atoms with van der Waals surface area (Å²) in [5.41, 5.74) is 2.91. The van der Waals surface area contributed by atoms with Crippen LogP contribution in [-0.4, -0.2) is 5.91 Å². The van der Waals surface area contributed by atoms with Crippen LogP contribution >= 0.6 is 23.4 Å². The van der Waals surface area contributed by atoms with E-state index >= 15 is 0 Å². The van der Waals surface area contributed by atoms with Gasteiger partial charge >= 0.3 is 0 Å². The smallest absolute Gasteiger partial charge is 0.224 e. The molecule has 0 aliphatic rings. The lowest BCUT2D eigenvalue weighted by atomic mass is 10.1. The van der Waals surface area contributed by atoms with Crippen molar-refractivity contribution in [2.75, 3.05) is 5.32 Å². The Morgan fingerprint density at radius 2 is 1.95 bits per heavy atom. The first-order valence-electron chi connectivity index (χ1n) is 6.87. The normalized spacial score (nSPS) is 10.4. The average Bonchev–Trinajstić information content (AvgIpc) is 2.50. The Morgan fingerprint density at radius 1 is 1.24 bits per heavy atom. The highest BCUT2D eigenvalue weighted by molar-refractivity contribution is 7.98. The maximum absolute atomic E-state index is 11.5. The third kappa shape index (κ3) is 4.51. The lowest BCUT2D eigenvalue weighted by Gasteiger charge is -2.12. The van der Waals surface area contributed by atoms with E-state index in [2.05, 4.69) is 17.4 Å². The zero-order valence-electron chi connectivity index (χ0n) is 12.2. The number of thioether (sulfide) groups is 1. The fourth-order valence-corrected chi connectivity index (χ4v) is 3.12. The van der Waals surface area contributed by atoms with Gasteiger partial charge in [0.25, 0.3) is 0 Å². The van der Waals surface area contributed by atoms with E-state index in [1.807, 2.05) is 44.2 Å². The molecule has 0 saturated heterocycles. The minimum absolute atomic E-state index is 0.000534. The molecule has 0 spiro atoms. The third-order valence-electron chi connectivity index (χ3n) is 3.13. The van der Waals surface area contributed by atoms with Gasteiger partial charge in [0.2, 0.25) is 5.91 Å². The van der Waals surface area contributed by atoms with E-state index in [0.717, 1.165) is 22.6 Å². The molecule has 0 saturated carbocycles. The van der Waals surface area contributed by atoms with E-state index in [-0.39, 0.29) is 5.91 Å². The van der Waals surface area contributed by atoms with Gasteiger partial charge in [-0.25, -0.2) is 0 Å². The van der Waals surface area contributed by atoms with Crippen LogP contribution in [0.3, 0.4) is 0 Å². The summed E-state index contributed by atoms with van der Waals surface area (Å²) < 4.78 is 0. The van der Waals surface area contributed by atoms with Crippen molar-refractivity contribution in [2.45, 2.75) is 30.9 Å². The maximum atomic E-state index is 11.5. The van der Waals surface area contributed by atoms with Crippen molar-refractivity contribution in [3.05, 3.63) is 58.6 Å². The van der Waals surface area contributed by atoms with Gasteiger partial charge in [-0.2, -0.15) is 0 Å². The van der Waals surface area contributed by atoms with Crippen molar-refractivity contribution >= 4 is 35.0 Å². The van der Waals surface area contributed by atoms with Gasteiger partial charge in [0.1, 0.15) is 0 Å². The lowest BCUT2D eigenvalue weighted by Crippen LogP contribution is -2.10. The second kappa shape index (κ2) is 7.53. The van der Waals surface area contributed by atoms with Crippen LogP contribution in [0.1, 0.15) is 24.5 Å². The zero-order valence-corrected chi connectivity index (χ0v) is 13.7. The van der Waals surface area contributed by atoms with E-state index in [1.165, 1.54) is 4.90 Å². The van der Waals surface area contributed by atoms with Crippen LogP contribution in [0.2, 0.25) is 5.02 Å². The van der Waals surface area contributed by atoms with Crippen LogP contribution < -0.4 is 5.32 Å². The number of nitrogens with one attached hydrogen (secondary N) is 1. The number of hydrogen-bond acceptors (Lipinski definition) is 2. The number of hydrogen-bond donors (Lipinski definition) is 1. The number of halogens is 1. The molecule has 0 aromatic heterocycles. The number of amides is 1. The molecule has 1 amide bonds. The standard InChI is InChI=1S/C17H18ClNOS/c1-3-17(20)19-16-10-15(18)13(9-12(16)2)11-21-14-7-5-4-6-8-14/h4-10H,3,11H2,1-2H3,(H,19,20). The molecular formula is C17H18ClNOS. The summed E-state index contributed by atoms with van der Waals surface area (Å²) >= 11 is 8.08. The molecule has 2 aromatic carbocycles. The molecule has 0 fully saturated rings. The molecule has 0 heterocycles. The molecular weight excluding hydrogens is 302 g/mol. The fraction of sp³-hybridized carbons (Fsp3) is 0.235. The van der Waals surface area contributed by atoms with Gasteiger partial charge in [-0.15, -0.1) is 11.8 Å². The summed E-state index contributed by atoms with van der Waals surface area (Å²) in [7, 11) is 0. The summed E-state index contributed by atoms with van der Waals surface area (Å²) in [4.78, 5) is 12.7. The molecule has 4 heteroatoms. The molecule has 0 bridgehead atoms. The number of carbonyl (C=O) groups is 1. The van der Waals surface area contributed by atoms with Gasteiger partial charge in [-0.1, -0.05) is 42.8 Å².